The number of carbonyl (C=O) groups is 2. The van der Waals surface area contributed by atoms with Crippen LogP contribution in [0.2, 0.25) is 0 Å². The van der Waals surface area contributed by atoms with Gasteiger partial charge in [-0.15, -0.1) is 0 Å². The third-order valence-corrected chi connectivity index (χ3v) is 4.07. The fourth-order valence-corrected chi connectivity index (χ4v) is 2.97. The minimum atomic E-state index is -0.103. The number of hydrogen-bond acceptors (Lipinski definition) is 2. The molecule has 1 saturated heterocycles. The summed E-state index contributed by atoms with van der Waals surface area (Å²) in [6.45, 7) is 0.509. The van der Waals surface area contributed by atoms with Gasteiger partial charge in [0.2, 0.25) is 11.8 Å². The standard InChI is InChI=1S/C16H17NO2/c18-15-13-8-4-5-9-14(13)16(19)17(15)11-10-12-6-2-1-3-7-12/h1-7,13-14H,8-11H2. The molecule has 1 fully saturated rings. The molecule has 19 heavy (non-hydrogen) atoms. The molecule has 0 spiro atoms. The summed E-state index contributed by atoms with van der Waals surface area (Å²) in [6, 6.07) is 9.98. The SMILES string of the molecule is O=C1C2CC=CCC2C(=O)N1CCc1ccccc1. The van der Waals surface area contributed by atoms with Crippen LogP contribution in [0, 0.1) is 11.8 Å². The average molecular weight is 255 g/mol. The zero-order valence-electron chi connectivity index (χ0n) is 10.8. The topological polar surface area (TPSA) is 37.4 Å². The summed E-state index contributed by atoms with van der Waals surface area (Å²) in [5, 5.41) is 0. The molecule has 0 saturated carbocycles. The first-order chi connectivity index (χ1) is 9.27. The van der Waals surface area contributed by atoms with Crippen LogP contribution in [-0.2, 0) is 16.0 Å². The molecule has 98 valence electrons. The molecule has 1 aromatic rings. The molecule has 3 nitrogen and oxygen atoms in total. The van der Waals surface area contributed by atoms with Crippen LogP contribution in [-0.4, -0.2) is 23.3 Å². The molecule has 3 heteroatoms. The van der Waals surface area contributed by atoms with Crippen molar-refractivity contribution in [3.05, 3.63) is 48.0 Å². The van der Waals surface area contributed by atoms with E-state index in [0.717, 1.165) is 24.8 Å². The minimum absolute atomic E-state index is 0.0234. The normalized spacial score (nSPS) is 25.8. The van der Waals surface area contributed by atoms with Gasteiger partial charge in [0.05, 0.1) is 11.8 Å². The van der Waals surface area contributed by atoms with E-state index in [0.29, 0.717) is 6.54 Å². The number of imide groups is 1. The molecular formula is C16H17NO2. The highest BCUT2D eigenvalue weighted by Crippen LogP contribution is 2.34. The third kappa shape index (κ3) is 2.21. The van der Waals surface area contributed by atoms with Gasteiger partial charge in [0, 0.05) is 6.54 Å². The van der Waals surface area contributed by atoms with E-state index in [4.69, 9.17) is 0 Å². The molecule has 1 aliphatic heterocycles. The van der Waals surface area contributed by atoms with E-state index in [2.05, 4.69) is 0 Å². The maximum absolute atomic E-state index is 12.2. The Bertz CT molecular complexity index is 495. The largest absolute Gasteiger partial charge is 0.282 e. The summed E-state index contributed by atoms with van der Waals surface area (Å²) in [7, 11) is 0. The molecule has 2 amide bonds. The van der Waals surface area contributed by atoms with Crippen molar-refractivity contribution < 1.29 is 9.59 Å². The van der Waals surface area contributed by atoms with E-state index in [1.54, 1.807) is 0 Å². The summed E-state index contributed by atoms with van der Waals surface area (Å²) in [6.07, 6.45) is 6.22. The quantitative estimate of drug-likeness (QED) is 0.613. The van der Waals surface area contributed by atoms with Crippen LogP contribution in [0.1, 0.15) is 18.4 Å². The van der Waals surface area contributed by atoms with E-state index in [9.17, 15) is 9.59 Å². The van der Waals surface area contributed by atoms with Gasteiger partial charge >= 0.3 is 0 Å². The van der Waals surface area contributed by atoms with Crippen molar-refractivity contribution in [3.63, 3.8) is 0 Å². The lowest BCUT2D eigenvalue weighted by atomic mass is 9.85. The monoisotopic (exact) mass is 255 g/mol. The van der Waals surface area contributed by atoms with E-state index in [-0.39, 0.29) is 23.7 Å². The molecule has 2 atom stereocenters. The minimum Gasteiger partial charge on any atom is -0.282 e. The number of benzene rings is 1. The van der Waals surface area contributed by atoms with Crippen molar-refractivity contribution in [2.75, 3.05) is 6.54 Å². The van der Waals surface area contributed by atoms with Gasteiger partial charge in [-0.3, -0.25) is 14.5 Å². The fraction of sp³-hybridized carbons (Fsp3) is 0.375. The first kappa shape index (κ1) is 12.2. The number of rotatable bonds is 3. The lowest BCUT2D eigenvalue weighted by Crippen LogP contribution is -2.33. The molecule has 1 heterocycles. The van der Waals surface area contributed by atoms with Crippen LogP contribution >= 0.6 is 0 Å². The molecule has 2 unspecified atom stereocenters. The number of allylic oxidation sites excluding steroid dienone is 2. The number of nitrogens with zero attached hydrogens (tertiary/aromatic N) is 1. The predicted molar refractivity (Wildman–Crippen MR) is 72.2 cm³/mol. The molecule has 0 N–H and O–H groups in total. The van der Waals surface area contributed by atoms with Gasteiger partial charge in [0.25, 0.3) is 0 Å². The summed E-state index contributed by atoms with van der Waals surface area (Å²) < 4.78 is 0. The average Bonchev–Trinajstić information content (AvgIpc) is 2.71. The van der Waals surface area contributed by atoms with Crippen LogP contribution in [0.15, 0.2) is 42.5 Å². The predicted octanol–water partition coefficient (Wildman–Crippen LogP) is 2.18. The summed E-state index contributed by atoms with van der Waals surface area (Å²) in [4.78, 5) is 26.0. The second-order valence-electron chi connectivity index (χ2n) is 5.22. The number of fused-ring (bicyclic) bond motifs is 1. The Kier molecular flexibility index (Phi) is 3.20. The molecule has 3 rings (SSSR count). The zero-order valence-corrected chi connectivity index (χ0v) is 10.8. The number of hydrogen-bond donors (Lipinski definition) is 0. The molecule has 0 radical (unpaired) electrons. The van der Waals surface area contributed by atoms with E-state index in [1.807, 2.05) is 42.5 Å². The van der Waals surface area contributed by atoms with Crippen LogP contribution in [0.4, 0.5) is 0 Å². The van der Waals surface area contributed by atoms with E-state index >= 15 is 0 Å². The van der Waals surface area contributed by atoms with Gasteiger partial charge in [0.1, 0.15) is 0 Å². The van der Waals surface area contributed by atoms with Crippen molar-refractivity contribution in [1.29, 1.82) is 0 Å². The molecule has 2 aliphatic rings. The lowest BCUT2D eigenvalue weighted by Gasteiger charge is -2.14. The Balaban J connectivity index is 1.69. The van der Waals surface area contributed by atoms with Crippen molar-refractivity contribution in [2.45, 2.75) is 19.3 Å². The zero-order chi connectivity index (χ0) is 13.2. The van der Waals surface area contributed by atoms with Crippen LogP contribution in [0.5, 0.6) is 0 Å². The number of carbonyl (C=O) groups excluding carboxylic acids is 2. The van der Waals surface area contributed by atoms with Crippen LogP contribution in [0.25, 0.3) is 0 Å². The van der Waals surface area contributed by atoms with Crippen molar-refractivity contribution in [3.8, 4) is 0 Å². The highest BCUT2D eigenvalue weighted by atomic mass is 16.2. The molecular weight excluding hydrogens is 238 g/mol. The van der Waals surface area contributed by atoms with E-state index in [1.165, 1.54) is 4.90 Å². The molecule has 0 aromatic heterocycles. The first-order valence-electron chi connectivity index (χ1n) is 6.81. The second-order valence-corrected chi connectivity index (χ2v) is 5.22. The van der Waals surface area contributed by atoms with Gasteiger partial charge < -0.3 is 0 Å². The Morgan fingerprint density at radius 1 is 0.947 bits per heavy atom. The number of amides is 2. The van der Waals surface area contributed by atoms with Crippen LogP contribution in [0.3, 0.4) is 0 Å². The highest BCUT2D eigenvalue weighted by Gasteiger charge is 2.46. The summed E-state index contributed by atoms with van der Waals surface area (Å²) in [5.74, 6) is -0.160. The molecule has 1 aliphatic carbocycles. The second kappa shape index (κ2) is 5.00. The highest BCUT2D eigenvalue weighted by molar-refractivity contribution is 6.05. The Labute approximate surface area is 112 Å². The van der Waals surface area contributed by atoms with Gasteiger partial charge in [-0.05, 0) is 24.8 Å². The van der Waals surface area contributed by atoms with Crippen molar-refractivity contribution in [2.24, 2.45) is 11.8 Å². The van der Waals surface area contributed by atoms with Gasteiger partial charge in [-0.25, -0.2) is 0 Å². The van der Waals surface area contributed by atoms with Crippen molar-refractivity contribution in [1.82, 2.24) is 4.90 Å². The maximum atomic E-state index is 12.2. The Hall–Kier alpha value is -1.90. The Morgan fingerprint density at radius 3 is 2.11 bits per heavy atom. The Morgan fingerprint density at radius 2 is 1.53 bits per heavy atom. The van der Waals surface area contributed by atoms with Gasteiger partial charge in [-0.1, -0.05) is 42.5 Å². The first-order valence-corrected chi connectivity index (χ1v) is 6.81. The lowest BCUT2D eigenvalue weighted by molar-refractivity contribution is -0.139. The smallest absolute Gasteiger partial charge is 0.233 e. The van der Waals surface area contributed by atoms with Gasteiger partial charge in [0.15, 0.2) is 0 Å². The fourth-order valence-electron chi connectivity index (χ4n) is 2.97. The van der Waals surface area contributed by atoms with E-state index < -0.39 is 0 Å². The third-order valence-electron chi connectivity index (χ3n) is 4.07. The molecule has 1 aromatic carbocycles. The summed E-state index contributed by atoms with van der Waals surface area (Å²) >= 11 is 0. The molecule has 0 bridgehead atoms. The summed E-state index contributed by atoms with van der Waals surface area (Å²) in [5.41, 5.74) is 1.16. The number of likely N-dealkylation sites (tertiary alicyclic amines) is 1. The van der Waals surface area contributed by atoms with Crippen molar-refractivity contribution >= 4 is 11.8 Å². The van der Waals surface area contributed by atoms with Gasteiger partial charge in [-0.2, -0.15) is 0 Å². The van der Waals surface area contributed by atoms with Crippen LogP contribution < -0.4 is 0 Å². The maximum Gasteiger partial charge on any atom is 0.233 e.